The molecule has 13 aromatic rings. The van der Waals surface area contributed by atoms with E-state index in [9.17, 15) is 0 Å². The normalized spacial score (nSPS) is 18.2. The minimum Gasteiger partial charge on any atom is -0.329 e. The topological polar surface area (TPSA) is 15.8 Å². The molecule has 1 aliphatic heterocycles. The lowest BCUT2D eigenvalue weighted by molar-refractivity contribution is 0.414. The molecule has 0 bridgehead atoms. The largest absolute Gasteiger partial charge is 0.329 e. The van der Waals surface area contributed by atoms with Crippen molar-refractivity contribution in [2.75, 3.05) is 9.80 Å². The van der Waals surface area contributed by atoms with E-state index in [1.54, 1.807) is 0 Å². The minimum atomic E-state index is -0.436. The highest BCUT2D eigenvalue weighted by atomic mass is 15.2. The second kappa shape index (κ2) is 19.2. The zero-order valence-corrected chi connectivity index (χ0v) is 47.2. The molecule has 4 heteroatoms. The summed E-state index contributed by atoms with van der Waals surface area (Å²) in [7, 11) is 0. The van der Waals surface area contributed by atoms with E-state index < -0.39 is 5.54 Å². The fourth-order valence-corrected chi connectivity index (χ4v) is 16.3. The van der Waals surface area contributed by atoms with Crippen LogP contribution in [-0.4, -0.2) is 8.97 Å². The molecule has 4 aliphatic rings. The van der Waals surface area contributed by atoms with Crippen LogP contribution in [0.1, 0.15) is 106 Å². The molecule has 3 aliphatic carbocycles. The van der Waals surface area contributed by atoms with Crippen molar-refractivity contribution < 1.29 is 0 Å². The van der Waals surface area contributed by atoms with Gasteiger partial charge < -0.3 is 18.8 Å². The third kappa shape index (κ3) is 7.31. The van der Waals surface area contributed by atoms with Crippen molar-refractivity contribution >= 4 is 94.0 Å². The number of hydrogen-bond donors (Lipinski definition) is 0. The monoisotopic (exact) mass is 1070 g/mol. The van der Waals surface area contributed by atoms with Crippen LogP contribution >= 0.6 is 0 Å². The number of para-hydroxylation sites is 3. The van der Waals surface area contributed by atoms with E-state index in [1.807, 2.05) is 0 Å². The highest BCUT2D eigenvalue weighted by molar-refractivity contribution is 6.37. The maximum atomic E-state index is 2.80. The van der Waals surface area contributed by atoms with Crippen molar-refractivity contribution in [3.8, 4) is 22.3 Å². The lowest BCUT2D eigenvalue weighted by Gasteiger charge is -2.35. The van der Waals surface area contributed by atoms with E-state index in [4.69, 9.17) is 0 Å². The number of rotatable bonds is 10. The molecule has 2 fully saturated rings. The second-order valence-corrected chi connectivity index (χ2v) is 24.5. The molecule has 3 aromatic heterocycles. The fourth-order valence-electron chi connectivity index (χ4n) is 16.3. The molecular formula is C79H66N4. The smallest absolute Gasteiger partial charge is 0.0713 e. The summed E-state index contributed by atoms with van der Waals surface area (Å²) in [5.41, 5.74) is 22.3. The van der Waals surface area contributed by atoms with Crippen LogP contribution in [0.5, 0.6) is 0 Å². The molecule has 2 atom stereocenters. The molecule has 4 nitrogen and oxygen atoms in total. The second-order valence-electron chi connectivity index (χ2n) is 24.5. The summed E-state index contributed by atoms with van der Waals surface area (Å²) in [5.74, 6) is 1.34. The molecule has 0 amide bonds. The number of anilines is 6. The van der Waals surface area contributed by atoms with Gasteiger partial charge in [0.1, 0.15) is 0 Å². The van der Waals surface area contributed by atoms with E-state index in [0.717, 1.165) is 11.4 Å². The SMILES string of the molecule is CC12C=CC=CC1c1c(N(c3ccccc3)c3ccc(C4CCCCC4)cc3)ccc3c4c(-c5ccccc5)c5c(c(-c6ccccc6)c4n2c13)c1ccc(N(c2ccccc2)c2ccc(C3CCCCC3)cc2)c2c3ccccc3n5c12. The minimum absolute atomic E-state index is 0.0692. The Balaban J connectivity index is 0.998. The van der Waals surface area contributed by atoms with Gasteiger partial charge in [-0.15, -0.1) is 0 Å². The van der Waals surface area contributed by atoms with Crippen molar-refractivity contribution in [1.29, 1.82) is 0 Å². The van der Waals surface area contributed by atoms with Gasteiger partial charge in [-0.3, -0.25) is 0 Å². The molecule has 83 heavy (non-hydrogen) atoms. The highest BCUT2D eigenvalue weighted by Gasteiger charge is 2.47. The van der Waals surface area contributed by atoms with Gasteiger partial charge >= 0.3 is 0 Å². The van der Waals surface area contributed by atoms with Crippen LogP contribution in [0.25, 0.3) is 82.2 Å². The summed E-state index contributed by atoms with van der Waals surface area (Å²) >= 11 is 0. The average Bonchev–Trinajstić information content (AvgIpc) is 1.52. The van der Waals surface area contributed by atoms with Gasteiger partial charge in [0, 0.05) is 77.7 Å². The molecule has 0 saturated heterocycles. The first-order valence-corrected chi connectivity index (χ1v) is 30.8. The number of aromatic nitrogens is 2. The Hall–Kier alpha value is -9.12. The number of benzene rings is 10. The van der Waals surface area contributed by atoms with Gasteiger partial charge in [-0.25, -0.2) is 0 Å². The van der Waals surface area contributed by atoms with Crippen LogP contribution in [0.4, 0.5) is 34.1 Å². The Morgan fingerprint density at radius 2 is 0.855 bits per heavy atom. The maximum absolute atomic E-state index is 2.80. The molecule has 4 heterocycles. The summed E-state index contributed by atoms with van der Waals surface area (Å²) in [5, 5.41) is 7.65. The van der Waals surface area contributed by atoms with Gasteiger partial charge in [0.15, 0.2) is 0 Å². The van der Waals surface area contributed by atoms with Gasteiger partial charge in [0.2, 0.25) is 0 Å². The number of nitrogens with zero attached hydrogens (tertiary/aromatic N) is 4. The van der Waals surface area contributed by atoms with Gasteiger partial charge in [-0.1, -0.05) is 214 Å². The predicted octanol–water partition coefficient (Wildman–Crippen LogP) is 22.3. The number of allylic oxidation sites excluding steroid dienone is 4. The molecule has 402 valence electrons. The zero-order chi connectivity index (χ0) is 54.8. The van der Waals surface area contributed by atoms with Crippen LogP contribution in [0.2, 0.25) is 0 Å². The lowest BCUT2D eigenvalue weighted by Crippen LogP contribution is -2.31. The van der Waals surface area contributed by atoms with Crippen molar-refractivity contribution in [3.05, 3.63) is 259 Å². The van der Waals surface area contributed by atoms with Gasteiger partial charge in [0.05, 0.1) is 44.5 Å². The van der Waals surface area contributed by atoms with E-state index in [0.29, 0.717) is 11.8 Å². The highest BCUT2D eigenvalue weighted by Crippen LogP contribution is 2.62. The Morgan fingerprint density at radius 3 is 1.43 bits per heavy atom. The molecule has 2 unspecified atom stereocenters. The van der Waals surface area contributed by atoms with E-state index in [2.05, 4.69) is 268 Å². The molecule has 0 radical (unpaired) electrons. The third-order valence-electron chi connectivity index (χ3n) is 20.0. The molecular weight excluding hydrogens is 1000 g/mol. The van der Waals surface area contributed by atoms with E-state index in [1.165, 1.54) is 186 Å². The Kier molecular flexibility index (Phi) is 11.3. The average molecular weight is 1070 g/mol. The summed E-state index contributed by atoms with van der Waals surface area (Å²) in [6, 6.07) is 83.2. The van der Waals surface area contributed by atoms with Crippen LogP contribution in [0, 0.1) is 0 Å². The third-order valence-corrected chi connectivity index (χ3v) is 20.0. The van der Waals surface area contributed by atoms with Crippen molar-refractivity contribution in [1.82, 2.24) is 8.97 Å². The summed E-state index contributed by atoms with van der Waals surface area (Å²) in [6.07, 6.45) is 22.7. The van der Waals surface area contributed by atoms with Crippen LogP contribution < -0.4 is 9.80 Å². The van der Waals surface area contributed by atoms with E-state index in [-0.39, 0.29) is 5.92 Å². The van der Waals surface area contributed by atoms with Crippen molar-refractivity contribution in [2.24, 2.45) is 0 Å². The standard InChI is InChI=1S/C79H66N4/c1-79-51-23-22-37-65(79)74-68(81(59-34-18-7-19-35-59)61-45-41-55(42-46-61)53-26-10-3-11-27-53)50-48-64-73-69(56-28-12-4-13-29-56)77-72(70(57-30-14-5-15-31-57)78(73)83(79)76(64)74)63-47-49-67(71-62-36-20-21-38-66(62)82(77)75(63)71)80(58-32-16-6-17-33-58)60-43-39-54(40-44-60)52-24-8-2-9-25-52/h4-7,12-23,28-53,65H,2-3,8-11,24-27H2,1H3. The zero-order valence-electron chi connectivity index (χ0n) is 47.2. The van der Waals surface area contributed by atoms with Crippen molar-refractivity contribution in [3.63, 3.8) is 0 Å². The number of hydrogen-bond acceptors (Lipinski definition) is 2. The van der Waals surface area contributed by atoms with Crippen LogP contribution in [0.15, 0.2) is 243 Å². The summed E-state index contributed by atoms with van der Waals surface area (Å²) in [4.78, 5) is 5.07. The predicted molar refractivity (Wildman–Crippen MR) is 351 cm³/mol. The molecule has 0 spiro atoms. The molecule has 17 rings (SSSR count). The Bertz CT molecular complexity index is 4670. The summed E-state index contributed by atoms with van der Waals surface area (Å²) in [6.45, 7) is 2.50. The van der Waals surface area contributed by atoms with Crippen molar-refractivity contribution in [2.45, 2.75) is 94.4 Å². The van der Waals surface area contributed by atoms with Crippen LogP contribution in [-0.2, 0) is 5.54 Å². The van der Waals surface area contributed by atoms with Gasteiger partial charge in [-0.05, 0) is 133 Å². The maximum Gasteiger partial charge on any atom is 0.0713 e. The van der Waals surface area contributed by atoms with E-state index >= 15 is 0 Å². The first-order chi connectivity index (χ1) is 41.1. The molecule has 10 aromatic carbocycles. The Labute approximate surface area is 486 Å². The number of fused-ring (bicyclic) bond motifs is 12. The Morgan fingerprint density at radius 1 is 0.386 bits per heavy atom. The van der Waals surface area contributed by atoms with Crippen LogP contribution in [0.3, 0.4) is 0 Å². The molecule has 0 N–H and O–H groups in total. The van der Waals surface area contributed by atoms with Gasteiger partial charge in [-0.2, -0.15) is 0 Å². The quantitative estimate of drug-likeness (QED) is 0.136. The lowest BCUT2D eigenvalue weighted by atomic mass is 9.78. The van der Waals surface area contributed by atoms with Gasteiger partial charge in [0.25, 0.3) is 0 Å². The molecule has 2 saturated carbocycles. The first kappa shape index (κ1) is 48.6. The fraction of sp³-hybridized carbons (Fsp3) is 0.190. The summed E-state index contributed by atoms with van der Waals surface area (Å²) < 4.78 is 5.48. The first-order valence-electron chi connectivity index (χ1n) is 30.8.